The summed E-state index contributed by atoms with van der Waals surface area (Å²) in [6.45, 7) is 1.78. The zero-order valence-electron chi connectivity index (χ0n) is 20.3. The van der Waals surface area contributed by atoms with Crippen molar-refractivity contribution >= 4 is 41.0 Å². The van der Waals surface area contributed by atoms with Crippen LogP contribution in [0.4, 0.5) is 10.1 Å². The fourth-order valence-electron chi connectivity index (χ4n) is 4.60. The first-order valence-corrected chi connectivity index (χ1v) is 12.5. The second-order valence-electron chi connectivity index (χ2n) is 9.15. The highest BCUT2D eigenvalue weighted by atomic mass is 35.5. The first kappa shape index (κ1) is 26.9. The van der Waals surface area contributed by atoms with Gasteiger partial charge in [-0.3, -0.25) is 14.4 Å². The van der Waals surface area contributed by atoms with Gasteiger partial charge in [0, 0.05) is 55.2 Å². The Kier molecular flexibility index (Phi) is 8.39. The Labute approximate surface area is 219 Å². The van der Waals surface area contributed by atoms with E-state index in [1.165, 1.54) is 17.0 Å². The summed E-state index contributed by atoms with van der Waals surface area (Å²) in [4.78, 5) is 39.8. The number of amides is 2. The van der Waals surface area contributed by atoms with Gasteiger partial charge in [0.2, 0.25) is 11.5 Å². The number of nitrogens with two attached hydrogens (primary N) is 1. The molecule has 10 heteroatoms. The smallest absolute Gasteiger partial charge is 0.266 e. The van der Waals surface area contributed by atoms with Crippen molar-refractivity contribution < 1.29 is 28.6 Å². The molecule has 2 aromatic rings. The molecule has 4 N–H and O–H groups in total. The van der Waals surface area contributed by atoms with Crippen LogP contribution < -0.4 is 16.0 Å². The number of benzene rings is 2. The number of nitrogens with one attached hydrogen (secondary N) is 1. The van der Waals surface area contributed by atoms with Crippen LogP contribution in [0.15, 0.2) is 42.0 Å². The van der Waals surface area contributed by atoms with Crippen molar-refractivity contribution in [3.05, 3.63) is 69.5 Å². The molecule has 2 aliphatic rings. The molecule has 1 aliphatic heterocycles. The van der Waals surface area contributed by atoms with Gasteiger partial charge in [-0.05, 0) is 59.5 Å². The fourth-order valence-corrected chi connectivity index (χ4v) is 4.85. The summed E-state index contributed by atoms with van der Waals surface area (Å²) in [5.74, 6) is -2.01. The lowest BCUT2D eigenvalue weighted by Crippen LogP contribution is -2.47. The van der Waals surface area contributed by atoms with E-state index in [-0.39, 0.29) is 36.7 Å². The van der Waals surface area contributed by atoms with Crippen LogP contribution in [0.5, 0.6) is 0 Å². The summed E-state index contributed by atoms with van der Waals surface area (Å²) in [6.07, 6.45) is 2.22. The van der Waals surface area contributed by atoms with Crippen molar-refractivity contribution in [3.8, 4) is 0 Å². The Morgan fingerprint density at radius 2 is 2.03 bits per heavy atom. The second kappa shape index (κ2) is 11.5. The molecule has 2 amide bonds. The fraction of sp³-hybridized carbons (Fsp3) is 0.370. The highest BCUT2D eigenvalue weighted by Gasteiger charge is 2.50. The van der Waals surface area contributed by atoms with Crippen molar-refractivity contribution in [2.75, 3.05) is 37.7 Å². The number of aliphatic hydroxyl groups is 1. The summed E-state index contributed by atoms with van der Waals surface area (Å²) in [6, 6.07) is 9.35. The number of carbonyl (C=O) groups excluding carboxylic acids is 3. The molecule has 0 unspecified atom stereocenters. The number of fused-ring (bicyclic) bond motifs is 1. The number of carbonyl (C=O) groups is 3. The van der Waals surface area contributed by atoms with E-state index in [0.29, 0.717) is 49.5 Å². The average molecular weight is 530 g/mol. The molecule has 1 heterocycles. The van der Waals surface area contributed by atoms with Crippen molar-refractivity contribution in [3.63, 3.8) is 0 Å². The molecule has 0 aromatic heterocycles. The van der Waals surface area contributed by atoms with E-state index in [1.807, 2.05) is 6.07 Å². The van der Waals surface area contributed by atoms with Crippen molar-refractivity contribution in [2.45, 2.75) is 31.3 Å². The molecule has 1 atom stereocenters. The van der Waals surface area contributed by atoms with Crippen molar-refractivity contribution in [1.29, 1.82) is 0 Å². The molecule has 1 saturated heterocycles. The molecule has 8 nitrogen and oxygen atoms in total. The monoisotopic (exact) mass is 529 g/mol. The summed E-state index contributed by atoms with van der Waals surface area (Å²) in [7, 11) is 0. The molecule has 1 fully saturated rings. The topological polar surface area (TPSA) is 122 Å². The first-order valence-electron chi connectivity index (χ1n) is 12.1. The van der Waals surface area contributed by atoms with Crippen LogP contribution in [0.2, 0.25) is 5.02 Å². The molecule has 0 radical (unpaired) electrons. The number of nitrogens with zero attached hydrogens (tertiary/aromatic N) is 1. The molecule has 2 aromatic carbocycles. The number of aryl methyl sites for hydroxylation is 1. The molecule has 0 saturated carbocycles. The van der Waals surface area contributed by atoms with Crippen LogP contribution in [0, 0.1) is 5.82 Å². The predicted molar refractivity (Wildman–Crippen MR) is 138 cm³/mol. The standard InChI is InChI=1S/C27H29ClFN3O5/c28-21-11-17(12-22(29)16-21)1-4-24(33)27(36)5-8-32(26(27)35)23-3-2-18-13-20(14-19(18)15-23)25(34)31-7-10-37-9-6-30/h2-3,11-12,14-16,36H,1,4-10,13,30H2,(H,31,34)/t27-/m0/s1. The van der Waals surface area contributed by atoms with E-state index in [9.17, 15) is 23.9 Å². The second-order valence-corrected chi connectivity index (χ2v) is 9.59. The molecule has 0 bridgehead atoms. The van der Waals surface area contributed by atoms with E-state index < -0.39 is 23.1 Å². The maximum Gasteiger partial charge on any atom is 0.266 e. The van der Waals surface area contributed by atoms with Crippen LogP contribution in [0.3, 0.4) is 0 Å². The van der Waals surface area contributed by atoms with Gasteiger partial charge in [0.25, 0.3) is 5.91 Å². The van der Waals surface area contributed by atoms with Gasteiger partial charge in [-0.25, -0.2) is 4.39 Å². The molecular weight excluding hydrogens is 501 g/mol. The Morgan fingerprint density at radius 3 is 2.78 bits per heavy atom. The first-order chi connectivity index (χ1) is 17.7. The van der Waals surface area contributed by atoms with E-state index in [0.717, 1.165) is 11.1 Å². The van der Waals surface area contributed by atoms with Gasteiger partial charge in [-0.1, -0.05) is 17.7 Å². The third-order valence-electron chi connectivity index (χ3n) is 6.56. The van der Waals surface area contributed by atoms with Gasteiger partial charge < -0.3 is 25.8 Å². The maximum atomic E-state index is 13.6. The van der Waals surface area contributed by atoms with Gasteiger partial charge in [0.15, 0.2) is 5.78 Å². The average Bonchev–Trinajstić information content (AvgIpc) is 3.43. The Balaban J connectivity index is 1.39. The summed E-state index contributed by atoms with van der Waals surface area (Å²) < 4.78 is 18.8. The molecule has 37 heavy (non-hydrogen) atoms. The van der Waals surface area contributed by atoms with Crippen LogP contribution in [0.1, 0.15) is 29.5 Å². The quantitative estimate of drug-likeness (QED) is 0.303. The van der Waals surface area contributed by atoms with Gasteiger partial charge in [0.1, 0.15) is 5.82 Å². The van der Waals surface area contributed by atoms with Crippen molar-refractivity contribution in [1.82, 2.24) is 5.32 Å². The maximum absolute atomic E-state index is 13.6. The third-order valence-corrected chi connectivity index (χ3v) is 6.78. The highest BCUT2D eigenvalue weighted by molar-refractivity contribution is 6.30. The van der Waals surface area contributed by atoms with Gasteiger partial charge in [-0.15, -0.1) is 0 Å². The summed E-state index contributed by atoms with van der Waals surface area (Å²) >= 11 is 5.87. The third kappa shape index (κ3) is 6.07. The van der Waals surface area contributed by atoms with E-state index in [2.05, 4.69) is 5.32 Å². The Morgan fingerprint density at radius 1 is 1.22 bits per heavy atom. The largest absolute Gasteiger partial charge is 0.378 e. The van der Waals surface area contributed by atoms with E-state index in [1.54, 1.807) is 24.3 Å². The number of halogens is 2. The minimum absolute atomic E-state index is 0.0403. The highest BCUT2D eigenvalue weighted by Crippen LogP contribution is 2.34. The zero-order chi connectivity index (χ0) is 26.6. The van der Waals surface area contributed by atoms with E-state index in [4.69, 9.17) is 22.1 Å². The lowest BCUT2D eigenvalue weighted by molar-refractivity contribution is -0.147. The number of hydrogen-bond donors (Lipinski definition) is 3. The minimum Gasteiger partial charge on any atom is -0.378 e. The molecule has 1 aliphatic carbocycles. The number of anilines is 1. The van der Waals surface area contributed by atoms with Crippen LogP contribution in [-0.2, 0) is 32.0 Å². The Hall–Kier alpha value is -3.11. The molecule has 0 spiro atoms. The number of Topliss-reactive ketones (excluding diaryl/α,β-unsaturated/α-hetero) is 1. The van der Waals surface area contributed by atoms with Gasteiger partial charge >= 0.3 is 0 Å². The zero-order valence-corrected chi connectivity index (χ0v) is 21.0. The lowest BCUT2D eigenvalue weighted by atomic mass is 9.92. The summed E-state index contributed by atoms with van der Waals surface area (Å²) in [5, 5.41) is 14.0. The SMILES string of the molecule is NCCOCCNC(=O)C1=Cc2cc(N3CC[C@](O)(C(=O)CCc4cc(F)cc(Cl)c4)C3=O)ccc2C1. The predicted octanol–water partition coefficient (Wildman–Crippen LogP) is 2.18. The van der Waals surface area contributed by atoms with Crippen LogP contribution >= 0.6 is 11.6 Å². The number of ether oxygens (including phenoxy) is 1. The summed E-state index contributed by atoms with van der Waals surface area (Å²) in [5.41, 5.74) is 6.63. The number of rotatable bonds is 11. The molecule has 4 rings (SSSR count). The number of ketones is 1. The minimum atomic E-state index is -2.14. The normalized spacial score (nSPS) is 18.6. The molecular formula is C27H29ClFN3O5. The Bertz CT molecular complexity index is 1230. The number of hydrogen-bond acceptors (Lipinski definition) is 6. The van der Waals surface area contributed by atoms with Crippen molar-refractivity contribution in [2.24, 2.45) is 5.73 Å². The van der Waals surface area contributed by atoms with E-state index >= 15 is 0 Å². The lowest BCUT2D eigenvalue weighted by Gasteiger charge is -2.22. The van der Waals surface area contributed by atoms with Crippen LogP contribution in [0.25, 0.3) is 6.08 Å². The van der Waals surface area contributed by atoms with Gasteiger partial charge in [-0.2, -0.15) is 0 Å². The van der Waals surface area contributed by atoms with Crippen LogP contribution in [-0.4, -0.2) is 61.2 Å². The van der Waals surface area contributed by atoms with Gasteiger partial charge in [0.05, 0.1) is 13.2 Å². The molecule has 196 valence electrons.